The molecule has 0 spiro atoms. The predicted octanol–water partition coefficient (Wildman–Crippen LogP) is 0.607. The lowest BCUT2D eigenvalue weighted by Gasteiger charge is -1.97. The van der Waals surface area contributed by atoms with Crippen LogP contribution in [0.1, 0.15) is 17.5 Å². The molecule has 1 aromatic rings. The first-order chi connectivity index (χ1) is 7.63. The summed E-state index contributed by atoms with van der Waals surface area (Å²) in [7, 11) is 0. The van der Waals surface area contributed by atoms with Gasteiger partial charge in [-0.25, -0.2) is 0 Å². The van der Waals surface area contributed by atoms with Crippen LogP contribution in [0.15, 0.2) is 29.4 Å². The zero-order valence-corrected chi connectivity index (χ0v) is 8.34. The molecule has 1 aromatic carbocycles. The van der Waals surface area contributed by atoms with Gasteiger partial charge in [0.2, 0.25) is 0 Å². The lowest BCUT2D eigenvalue weighted by Crippen LogP contribution is -2.12. The highest BCUT2D eigenvalue weighted by Gasteiger charge is 1.97. The van der Waals surface area contributed by atoms with Crippen LogP contribution in [-0.2, 0) is 4.79 Å². The van der Waals surface area contributed by atoms with Gasteiger partial charge in [0.05, 0.1) is 0 Å². The summed E-state index contributed by atoms with van der Waals surface area (Å²) < 4.78 is 0. The molecular weight excluding hydrogens is 208 g/mol. The molecule has 0 atom stereocenters. The third-order valence-electron chi connectivity index (χ3n) is 1.76. The van der Waals surface area contributed by atoms with Gasteiger partial charge >= 0.3 is 5.97 Å². The second-order valence-corrected chi connectivity index (χ2v) is 2.93. The number of amidine groups is 1. The molecule has 0 aliphatic rings. The number of nitrogens with two attached hydrogens (primary N) is 1. The van der Waals surface area contributed by atoms with E-state index in [0.717, 1.165) is 0 Å². The van der Waals surface area contributed by atoms with E-state index in [9.17, 15) is 4.79 Å². The van der Waals surface area contributed by atoms with Crippen molar-refractivity contribution in [2.75, 3.05) is 0 Å². The van der Waals surface area contributed by atoms with Gasteiger partial charge in [-0.1, -0.05) is 17.0 Å². The van der Waals surface area contributed by atoms with E-state index in [-0.39, 0.29) is 12.3 Å². The molecule has 82 valence electrons. The first kappa shape index (κ1) is 11.6. The molecule has 0 bridgehead atoms. The molecule has 0 saturated carbocycles. The highest BCUT2D eigenvalue weighted by molar-refractivity contribution is 5.97. The number of carboxylic acid groups (broad SMARTS) is 1. The Labute approximate surface area is 92.2 Å². The number of hydrogen-bond donors (Lipinski definition) is 3. The number of rotatable bonds is 2. The number of hydrogen-bond acceptors (Lipinski definition) is 3. The van der Waals surface area contributed by atoms with Crippen LogP contribution in [-0.4, -0.2) is 22.1 Å². The lowest BCUT2D eigenvalue weighted by atomic mass is 10.1. The van der Waals surface area contributed by atoms with Crippen molar-refractivity contribution in [1.29, 1.82) is 0 Å². The van der Waals surface area contributed by atoms with Crippen molar-refractivity contribution in [2.24, 2.45) is 10.9 Å². The van der Waals surface area contributed by atoms with E-state index in [1.54, 1.807) is 24.3 Å². The van der Waals surface area contributed by atoms with E-state index >= 15 is 0 Å². The maximum Gasteiger partial charge on any atom is 0.315 e. The predicted molar refractivity (Wildman–Crippen MR) is 58.1 cm³/mol. The summed E-state index contributed by atoms with van der Waals surface area (Å²) in [5, 5.41) is 19.7. The minimum Gasteiger partial charge on any atom is -0.481 e. The summed E-state index contributed by atoms with van der Waals surface area (Å²) in [4.78, 5) is 10.2. The van der Waals surface area contributed by atoms with Crippen LogP contribution in [0.4, 0.5) is 0 Å². The first-order valence-electron chi connectivity index (χ1n) is 4.42. The van der Waals surface area contributed by atoms with Crippen LogP contribution >= 0.6 is 0 Å². The molecule has 4 N–H and O–H groups in total. The van der Waals surface area contributed by atoms with Crippen molar-refractivity contribution in [3.8, 4) is 11.8 Å². The topological polar surface area (TPSA) is 95.9 Å². The Bertz CT molecular complexity index is 466. The molecule has 5 heteroatoms. The molecule has 0 amide bonds. The largest absolute Gasteiger partial charge is 0.481 e. The Kier molecular flexibility index (Phi) is 3.92. The summed E-state index contributed by atoms with van der Waals surface area (Å²) >= 11 is 0. The molecule has 0 aromatic heterocycles. The summed E-state index contributed by atoms with van der Waals surface area (Å²) in [6, 6.07) is 6.62. The molecule has 0 saturated heterocycles. The van der Waals surface area contributed by atoms with E-state index in [0.29, 0.717) is 11.1 Å². The first-order valence-corrected chi connectivity index (χ1v) is 4.42. The van der Waals surface area contributed by atoms with Crippen molar-refractivity contribution in [3.05, 3.63) is 35.4 Å². The molecule has 5 nitrogen and oxygen atoms in total. The highest BCUT2D eigenvalue weighted by atomic mass is 16.4. The van der Waals surface area contributed by atoms with E-state index < -0.39 is 5.97 Å². The fourth-order valence-corrected chi connectivity index (χ4v) is 1.00. The number of oxime groups is 1. The molecule has 0 unspecified atom stereocenters. The summed E-state index contributed by atoms with van der Waals surface area (Å²) in [6.07, 6.45) is -0.192. The molecule has 0 fully saturated rings. The normalized spacial score (nSPS) is 10.4. The third-order valence-corrected chi connectivity index (χ3v) is 1.76. The molecule has 1 rings (SSSR count). The van der Waals surface area contributed by atoms with E-state index in [1.165, 1.54) is 0 Å². The second-order valence-electron chi connectivity index (χ2n) is 2.93. The van der Waals surface area contributed by atoms with Gasteiger partial charge < -0.3 is 16.0 Å². The highest BCUT2D eigenvalue weighted by Crippen LogP contribution is 2.02. The summed E-state index contributed by atoms with van der Waals surface area (Å²) in [6.45, 7) is 0. The van der Waals surface area contributed by atoms with E-state index in [1.807, 2.05) is 0 Å². The number of aliphatic carboxylic acids is 1. The van der Waals surface area contributed by atoms with Crippen molar-refractivity contribution in [1.82, 2.24) is 0 Å². The maximum atomic E-state index is 10.2. The quantitative estimate of drug-likeness (QED) is 0.223. The second kappa shape index (κ2) is 5.41. The number of nitrogens with zero attached hydrogens (tertiary/aromatic N) is 1. The van der Waals surface area contributed by atoms with Gasteiger partial charge in [0.25, 0.3) is 0 Å². The third kappa shape index (κ3) is 3.35. The minimum absolute atomic E-state index is 0.0186. The smallest absolute Gasteiger partial charge is 0.315 e. The Morgan fingerprint density at radius 2 is 2.00 bits per heavy atom. The average molecular weight is 218 g/mol. The monoisotopic (exact) mass is 218 g/mol. The zero-order chi connectivity index (χ0) is 12.0. The summed E-state index contributed by atoms with van der Waals surface area (Å²) in [5.41, 5.74) is 6.62. The molecule has 16 heavy (non-hydrogen) atoms. The van der Waals surface area contributed by atoms with Gasteiger partial charge in [-0.05, 0) is 24.3 Å². The zero-order valence-electron chi connectivity index (χ0n) is 8.34. The molecule has 0 heterocycles. The Morgan fingerprint density at radius 3 is 2.50 bits per heavy atom. The fraction of sp³-hybridized carbons (Fsp3) is 0.0909. The van der Waals surface area contributed by atoms with Gasteiger partial charge in [-0.15, -0.1) is 0 Å². The fourth-order valence-electron chi connectivity index (χ4n) is 1.00. The molecule has 0 aliphatic heterocycles. The minimum atomic E-state index is -0.958. The van der Waals surface area contributed by atoms with Crippen LogP contribution in [0.2, 0.25) is 0 Å². The number of carboxylic acids is 1. The number of benzene rings is 1. The standard InChI is InChI=1S/C11H10N2O3/c12-11(13-16)9-6-4-8(5-7-9)2-1-3-10(14)15/h4-7,16H,3H2,(H2,12,13)(H,14,15). The molecule has 0 radical (unpaired) electrons. The average Bonchev–Trinajstić information content (AvgIpc) is 2.28. The van der Waals surface area contributed by atoms with Crippen molar-refractivity contribution >= 4 is 11.8 Å². The van der Waals surface area contributed by atoms with Crippen LogP contribution in [0.25, 0.3) is 0 Å². The van der Waals surface area contributed by atoms with Gasteiger partial charge in [0.15, 0.2) is 5.84 Å². The van der Waals surface area contributed by atoms with Crippen LogP contribution in [0.3, 0.4) is 0 Å². The Balaban J connectivity index is 2.78. The SMILES string of the molecule is NC(=NO)c1ccc(C#CCC(=O)O)cc1. The van der Waals surface area contributed by atoms with Crippen molar-refractivity contribution < 1.29 is 15.1 Å². The van der Waals surface area contributed by atoms with Gasteiger partial charge in [-0.2, -0.15) is 0 Å². The van der Waals surface area contributed by atoms with Crippen molar-refractivity contribution in [2.45, 2.75) is 6.42 Å². The van der Waals surface area contributed by atoms with E-state index in [2.05, 4.69) is 17.0 Å². The Morgan fingerprint density at radius 1 is 1.38 bits per heavy atom. The Hall–Kier alpha value is -2.48. The van der Waals surface area contributed by atoms with Gasteiger partial charge in [0, 0.05) is 11.1 Å². The van der Waals surface area contributed by atoms with E-state index in [4.69, 9.17) is 16.0 Å². The van der Waals surface area contributed by atoms with Crippen LogP contribution < -0.4 is 5.73 Å². The maximum absolute atomic E-state index is 10.2. The van der Waals surface area contributed by atoms with Gasteiger partial charge in [0.1, 0.15) is 6.42 Å². The summed E-state index contributed by atoms with van der Waals surface area (Å²) in [5.74, 6) is 4.25. The molecule has 0 aliphatic carbocycles. The molecular formula is C11H10N2O3. The number of carbonyl (C=O) groups is 1. The van der Waals surface area contributed by atoms with Crippen molar-refractivity contribution in [3.63, 3.8) is 0 Å². The van der Waals surface area contributed by atoms with Gasteiger partial charge in [-0.3, -0.25) is 4.79 Å². The van der Waals surface area contributed by atoms with Crippen LogP contribution in [0.5, 0.6) is 0 Å². The lowest BCUT2D eigenvalue weighted by molar-refractivity contribution is -0.135. The van der Waals surface area contributed by atoms with Crippen LogP contribution in [0, 0.1) is 11.8 Å².